The Morgan fingerprint density at radius 2 is 1.94 bits per heavy atom. The molecule has 3 rings (SSSR count). The first-order chi connectivity index (χ1) is 15.5. The molecule has 1 heterocycles. The van der Waals surface area contributed by atoms with Crippen LogP contribution in [0.2, 0.25) is 0 Å². The Bertz CT molecular complexity index is 963. The number of hydrogen-bond acceptors (Lipinski definition) is 5. The van der Waals surface area contributed by atoms with Gasteiger partial charge in [-0.2, -0.15) is 0 Å². The monoisotopic (exact) mass is 574 g/mol. The van der Waals surface area contributed by atoms with E-state index in [-0.39, 0.29) is 19.0 Å². The molecule has 0 bridgehead atoms. The third kappa shape index (κ3) is 7.79. The average molecular weight is 574 g/mol. The minimum Gasteiger partial charge on any atom is -0.493 e. The highest BCUT2D eigenvalue weighted by molar-refractivity contribution is 14.1. The number of aliphatic hydroxyl groups excluding tert-OH is 1. The van der Waals surface area contributed by atoms with Crippen molar-refractivity contribution in [3.8, 4) is 5.75 Å². The van der Waals surface area contributed by atoms with Gasteiger partial charge in [-0.25, -0.2) is 13.6 Å². The first kappa shape index (κ1) is 25.6. The summed E-state index contributed by atoms with van der Waals surface area (Å²) < 4.78 is 39.5. The Balaban J connectivity index is 1.72. The number of carbonyl (C=O) groups excluding carboxylic acids is 1. The maximum Gasteiger partial charge on any atom is 0.407 e. The summed E-state index contributed by atoms with van der Waals surface area (Å²) in [6.07, 6.45) is -1.01. The maximum absolute atomic E-state index is 13.7. The fourth-order valence-electron chi connectivity index (χ4n) is 3.71. The summed E-state index contributed by atoms with van der Waals surface area (Å²) in [6.45, 7) is 5.87. The van der Waals surface area contributed by atoms with Gasteiger partial charge in [0.1, 0.15) is 23.0 Å². The molecule has 0 aliphatic carbocycles. The van der Waals surface area contributed by atoms with E-state index in [1.54, 1.807) is 20.8 Å². The summed E-state index contributed by atoms with van der Waals surface area (Å²) in [5.41, 5.74) is 0.592. The van der Waals surface area contributed by atoms with Crippen LogP contribution < -0.4 is 15.4 Å². The standard InChI is InChI=1S/C24H29F2IN2O4/c1-24(2,3)33-23(31)29-20(10-14-8-15(25)11-16(26)9-14)21(30)13-28-19-6-7-32-22-5-4-17(27)12-18(19)22/h4-5,8-9,11-12,19-21,28,30H,6-7,10,13H2,1-3H3,(H,29,31). The Morgan fingerprint density at radius 3 is 2.61 bits per heavy atom. The van der Waals surface area contributed by atoms with Crippen LogP contribution in [0.25, 0.3) is 0 Å². The van der Waals surface area contributed by atoms with Crippen molar-refractivity contribution in [2.75, 3.05) is 13.2 Å². The van der Waals surface area contributed by atoms with Gasteiger partial charge in [0, 0.05) is 34.2 Å². The number of halogens is 3. The second kappa shape index (κ2) is 11.0. The molecule has 0 saturated heterocycles. The quantitative estimate of drug-likeness (QED) is 0.426. The Kier molecular flexibility index (Phi) is 8.52. The van der Waals surface area contributed by atoms with Crippen molar-refractivity contribution < 1.29 is 28.2 Å². The SMILES string of the molecule is CC(C)(C)OC(=O)NC(Cc1cc(F)cc(F)c1)C(O)CNC1CCOc2ccc(I)cc21. The van der Waals surface area contributed by atoms with E-state index in [2.05, 4.69) is 33.2 Å². The van der Waals surface area contributed by atoms with E-state index in [9.17, 15) is 18.7 Å². The number of aliphatic hydroxyl groups is 1. The molecule has 0 spiro atoms. The molecular formula is C24H29F2IN2O4. The first-order valence-corrected chi connectivity index (χ1v) is 11.9. The van der Waals surface area contributed by atoms with Crippen molar-refractivity contribution in [1.82, 2.24) is 10.6 Å². The zero-order valence-corrected chi connectivity index (χ0v) is 21.0. The lowest BCUT2D eigenvalue weighted by molar-refractivity contribution is 0.0418. The van der Waals surface area contributed by atoms with Gasteiger partial charge in [-0.05, 0) is 85.7 Å². The first-order valence-electron chi connectivity index (χ1n) is 10.8. The lowest BCUT2D eigenvalue weighted by atomic mass is 9.98. The molecule has 1 aliphatic heterocycles. The highest BCUT2D eigenvalue weighted by Crippen LogP contribution is 2.33. The van der Waals surface area contributed by atoms with Gasteiger partial charge in [-0.1, -0.05) is 0 Å². The smallest absolute Gasteiger partial charge is 0.407 e. The Labute approximate surface area is 206 Å². The van der Waals surface area contributed by atoms with Gasteiger partial charge >= 0.3 is 6.09 Å². The van der Waals surface area contributed by atoms with Crippen LogP contribution in [0.3, 0.4) is 0 Å². The predicted molar refractivity (Wildman–Crippen MR) is 129 cm³/mol. The topological polar surface area (TPSA) is 79.8 Å². The van der Waals surface area contributed by atoms with Crippen LogP contribution in [0.5, 0.6) is 5.75 Å². The van der Waals surface area contributed by atoms with E-state index < -0.39 is 35.5 Å². The van der Waals surface area contributed by atoms with Gasteiger partial charge in [-0.3, -0.25) is 0 Å². The van der Waals surface area contributed by atoms with Crippen molar-refractivity contribution in [3.05, 3.63) is 62.7 Å². The van der Waals surface area contributed by atoms with Gasteiger partial charge in [0.25, 0.3) is 0 Å². The zero-order chi connectivity index (χ0) is 24.2. The molecule has 0 radical (unpaired) electrons. The fourth-order valence-corrected chi connectivity index (χ4v) is 4.22. The van der Waals surface area contributed by atoms with Gasteiger partial charge in [-0.15, -0.1) is 0 Å². The number of benzene rings is 2. The van der Waals surface area contributed by atoms with E-state index in [4.69, 9.17) is 9.47 Å². The third-order valence-corrected chi connectivity index (χ3v) is 5.80. The van der Waals surface area contributed by atoms with Crippen molar-refractivity contribution >= 4 is 28.7 Å². The maximum atomic E-state index is 13.7. The molecule has 1 aliphatic rings. The summed E-state index contributed by atoms with van der Waals surface area (Å²) in [7, 11) is 0. The average Bonchev–Trinajstić information content (AvgIpc) is 2.69. The van der Waals surface area contributed by atoms with Crippen LogP contribution in [-0.2, 0) is 11.2 Å². The molecule has 3 atom stereocenters. The number of fused-ring (bicyclic) bond motifs is 1. The molecule has 6 nitrogen and oxygen atoms in total. The lowest BCUT2D eigenvalue weighted by Gasteiger charge is -2.30. The molecule has 0 saturated carbocycles. The number of alkyl carbamates (subject to hydrolysis) is 1. The lowest BCUT2D eigenvalue weighted by Crippen LogP contribution is -2.50. The number of carbonyl (C=O) groups is 1. The van der Waals surface area contributed by atoms with Gasteiger partial charge < -0.3 is 25.2 Å². The largest absolute Gasteiger partial charge is 0.493 e. The second-order valence-corrected chi connectivity index (χ2v) is 10.3. The van der Waals surface area contributed by atoms with Crippen LogP contribution in [0.1, 0.15) is 44.4 Å². The molecule has 0 fully saturated rings. The number of ether oxygens (including phenoxy) is 2. The number of nitrogens with one attached hydrogen (secondary N) is 2. The summed E-state index contributed by atoms with van der Waals surface area (Å²) in [6, 6.07) is 8.21. The van der Waals surface area contributed by atoms with Gasteiger partial charge in [0.15, 0.2) is 0 Å². The van der Waals surface area contributed by atoms with Crippen LogP contribution in [0.4, 0.5) is 13.6 Å². The fraction of sp³-hybridized carbons (Fsp3) is 0.458. The summed E-state index contributed by atoms with van der Waals surface area (Å²) in [4.78, 5) is 12.4. The Morgan fingerprint density at radius 1 is 1.24 bits per heavy atom. The van der Waals surface area contributed by atoms with E-state index in [1.807, 2.05) is 18.2 Å². The molecule has 9 heteroatoms. The zero-order valence-electron chi connectivity index (χ0n) is 18.8. The van der Waals surface area contributed by atoms with Crippen LogP contribution in [0.15, 0.2) is 36.4 Å². The number of amides is 1. The summed E-state index contributed by atoms with van der Waals surface area (Å²) in [5, 5.41) is 16.9. The molecule has 2 aromatic carbocycles. The number of hydrogen-bond donors (Lipinski definition) is 3. The molecule has 2 aromatic rings. The molecule has 180 valence electrons. The minimum absolute atomic E-state index is 0.0268. The third-order valence-electron chi connectivity index (χ3n) is 5.13. The molecule has 3 unspecified atom stereocenters. The highest BCUT2D eigenvalue weighted by atomic mass is 127. The Hall–Kier alpha value is -1.98. The summed E-state index contributed by atoms with van der Waals surface area (Å²) in [5.74, 6) is -0.642. The molecule has 1 amide bonds. The van der Waals surface area contributed by atoms with E-state index in [0.29, 0.717) is 12.2 Å². The van der Waals surface area contributed by atoms with Gasteiger partial charge in [0.2, 0.25) is 0 Å². The predicted octanol–water partition coefficient (Wildman–Crippen LogP) is 4.48. The normalized spacial score (nSPS) is 17.5. The number of rotatable bonds is 7. The van der Waals surface area contributed by atoms with Crippen molar-refractivity contribution in [3.63, 3.8) is 0 Å². The highest BCUT2D eigenvalue weighted by Gasteiger charge is 2.28. The van der Waals surface area contributed by atoms with E-state index >= 15 is 0 Å². The molecule has 33 heavy (non-hydrogen) atoms. The molecule has 3 N–H and O–H groups in total. The van der Waals surface area contributed by atoms with Gasteiger partial charge in [0.05, 0.1) is 18.8 Å². The van der Waals surface area contributed by atoms with Crippen molar-refractivity contribution in [2.45, 2.75) is 57.4 Å². The van der Waals surface area contributed by atoms with Crippen molar-refractivity contribution in [1.29, 1.82) is 0 Å². The van der Waals surface area contributed by atoms with Crippen molar-refractivity contribution in [2.24, 2.45) is 0 Å². The molecular weight excluding hydrogens is 545 g/mol. The van der Waals surface area contributed by atoms with Crippen LogP contribution in [0, 0.1) is 15.2 Å². The van der Waals surface area contributed by atoms with E-state index in [1.165, 1.54) is 12.1 Å². The minimum atomic E-state index is -1.04. The summed E-state index contributed by atoms with van der Waals surface area (Å²) >= 11 is 2.23. The van der Waals surface area contributed by atoms with Crippen LogP contribution in [-0.4, -0.2) is 42.1 Å². The van der Waals surface area contributed by atoms with E-state index in [0.717, 1.165) is 27.4 Å². The second-order valence-electron chi connectivity index (χ2n) is 9.08. The molecule has 0 aromatic heterocycles. The van der Waals surface area contributed by atoms with Crippen LogP contribution >= 0.6 is 22.6 Å².